The lowest BCUT2D eigenvalue weighted by Crippen LogP contribution is -2.20. The summed E-state index contributed by atoms with van der Waals surface area (Å²) in [6.07, 6.45) is 0. The van der Waals surface area contributed by atoms with Crippen molar-refractivity contribution in [3.63, 3.8) is 0 Å². The van der Waals surface area contributed by atoms with Gasteiger partial charge in [0.15, 0.2) is 6.04 Å². The van der Waals surface area contributed by atoms with Crippen molar-refractivity contribution in [2.24, 2.45) is 0 Å². The number of halogens is 1. The van der Waals surface area contributed by atoms with E-state index in [-0.39, 0.29) is 0 Å². The Morgan fingerprint density at radius 3 is 2.00 bits per heavy atom. The summed E-state index contributed by atoms with van der Waals surface area (Å²) in [7, 11) is 0. The SMILES string of the molecule is CC(C)c1ccc(C(Nc2ccc(Br)cc2)C(=O)O)cc1. The van der Waals surface area contributed by atoms with Gasteiger partial charge in [0.05, 0.1) is 0 Å². The molecule has 0 aromatic heterocycles. The highest BCUT2D eigenvalue weighted by Gasteiger charge is 2.19. The molecule has 1 atom stereocenters. The monoisotopic (exact) mass is 347 g/mol. The average Bonchev–Trinajstić information content (AvgIpc) is 2.46. The summed E-state index contributed by atoms with van der Waals surface area (Å²) in [5, 5.41) is 12.5. The van der Waals surface area contributed by atoms with Crippen molar-refractivity contribution < 1.29 is 9.90 Å². The molecule has 1 unspecified atom stereocenters. The van der Waals surface area contributed by atoms with Crippen LogP contribution < -0.4 is 5.32 Å². The lowest BCUT2D eigenvalue weighted by molar-refractivity contribution is -0.138. The maximum absolute atomic E-state index is 11.5. The molecular weight excluding hydrogens is 330 g/mol. The van der Waals surface area contributed by atoms with Crippen molar-refractivity contribution in [1.82, 2.24) is 0 Å². The van der Waals surface area contributed by atoms with Crippen LogP contribution >= 0.6 is 15.9 Å². The Morgan fingerprint density at radius 1 is 1.00 bits per heavy atom. The van der Waals surface area contributed by atoms with E-state index in [1.165, 1.54) is 5.56 Å². The summed E-state index contributed by atoms with van der Waals surface area (Å²) >= 11 is 3.36. The summed E-state index contributed by atoms with van der Waals surface area (Å²) in [6.45, 7) is 4.23. The first-order chi connectivity index (χ1) is 9.97. The normalized spacial score (nSPS) is 12.2. The summed E-state index contributed by atoms with van der Waals surface area (Å²) in [5.41, 5.74) is 2.72. The van der Waals surface area contributed by atoms with Gasteiger partial charge in [-0.05, 0) is 41.3 Å². The highest BCUT2D eigenvalue weighted by molar-refractivity contribution is 9.10. The Balaban J connectivity index is 2.22. The first-order valence-corrected chi connectivity index (χ1v) is 7.61. The molecule has 110 valence electrons. The summed E-state index contributed by atoms with van der Waals surface area (Å²) < 4.78 is 0.959. The largest absolute Gasteiger partial charge is 0.479 e. The van der Waals surface area contributed by atoms with Crippen molar-refractivity contribution in [1.29, 1.82) is 0 Å². The van der Waals surface area contributed by atoms with Gasteiger partial charge in [0.2, 0.25) is 0 Å². The van der Waals surface area contributed by atoms with Gasteiger partial charge in [0, 0.05) is 10.2 Å². The minimum Gasteiger partial charge on any atom is -0.479 e. The van der Waals surface area contributed by atoms with Crippen LogP contribution in [0.25, 0.3) is 0 Å². The van der Waals surface area contributed by atoms with Crippen LogP contribution in [0.4, 0.5) is 5.69 Å². The molecule has 2 rings (SSSR count). The molecule has 0 radical (unpaired) electrons. The van der Waals surface area contributed by atoms with Crippen molar-refractivity contribution >= 4 is 27.6 Å². The Hall–Kier alpha value is -1.81. The molecule has 0 saturated heterocycles. The quantitative estimate of drug-likeness (QED) is 0.815. The Bertz CT molecular complexity index is 606. The van der Waals surface area contributed by atoms with E-state index in [0.29, 0.717) is 5.92 Å². The second kappa shape index (κ2) is 6.76. The van der Waals surface area contributed by atoms with Gasteiger partial charge in [-0.1, -0.05) is 54.0 Å². The minimum absolute atomic E-state index is 0.432. The molecule has 0 bridgehead atoms. The van der Waals surface area contributed by atoms with E-state index in [2.05, 4.69) is 35.1 Å². The van der Waals surface area contributed by atoms with Gasteiger partial charge in [-0.25, -0.2) is 4.79 Å². The van der Waals surface area contributed by atoms with Gasteiger partial charge in [0.1, 0.15) is 0 Å². The second-order valence-corrected chi connectivity index (χ2v) is 6.16. The van der Waals surface area contributed by atoms with Gasteiger partial charge < -0.3 is 10.4 Å². The van der Waals surface area contributed by atoms with Crippen molar-refractivity contribution in [3.05, 3.63) is 64.1 Å². The van der Waals surface area contributed by atoms with Crippen LogP contribution in [0.1, 0.15) is 36.9 Å². The van der Waals surface area contributed by atoms with Gasteiger partial charge in [-0.15, -0.1) is 0 Å². The molecule has 0 aliphatic carbocycles. The lowest BCUT2D eigenvalue weighted by atomic mass is 9.99. The maximum Gasteiger partial charge on any atom is 0.330 e. The third kappa shape index (κ3) is 4.08. The van der Waals surface area contributed by atoms with E-state index in [0.717, 1.165) is 15.7 Å². The first-order valence-electron chi connectivity index (χ1n) is 6.82. The predicted molar refractivity (Wildman–Crippen MR) is 88.7 cm³/mol. The third-order valence-corrected chi connectivity index (χ3v) is 3.87. The molecule has 0 spiro atoms. The number of carboxylic acid groups (broad SMARTS) is 1. The number of anilines is 1. The van der Waals surface area contributed by atoms with Crippen molar-refractivity contribution in [2.45, 2.75) is 25.8 Å². The minimum atomic E-state index is -0.893. The lowest BCUT2D eigenvalue weighted by Gasteiger charge is -2.17. The fourth-order valence-corrected chi connectivity index (χ4v) is 2.34. The molecule has 2 aromatic rings. The van der Waals surface area contributed by atoms with Gasteiger partial charge in [0.25, 0.3) is 0 Å². The van der Waals surface area contributed by atoms with Crippen LogP contribution in [0.3, 0.4) is 0 Å². The maximum atomic E-state index is 11.5. The van der Waals surface area contributed by atoms with E-state index >= 15 is 0 Å². The Labute approximate surface area is 133 Å². The molecule has 2 aromatic carbocycles. The van der Waals surface area contributed by atoms with E-state index in [1.807, 2.05) is 48.5 Å². The number of aliphatic carboxylic acids is 1. The molecule has 21 heavy (non-hydrogen) atoms. The molecule has 0 aliphatic rings. The van der Waals surface area contributed by atoms with E-state index < -0.39 is 12.0 Å². The molecule has 4 heteroatoms. The molecule has 2 N–H and O–H groups in total. The topological polar surface area (TPSA) is 49.3 Å². The van der Waals surface area contributed by atoms with E-state index in [4.69, 9.17) is 0 Å². The molecule has 3 nitrogen and oxygen atoms in total. The van der Waals surface area contributed by atoms with Crippen LogP contribution in [0, 0.1) is 0 Å². The highest BCUT2D eigenvalue weighted by atomic mass is 79.9. The van der Waals surface area contributed by atoms with Crippen molar-refractivity contribution in [3.8, 4) is 0 Å². The standard InChI is InChI=1S/C17H18BrNO2/c1-11(2)12-3-5-13(6-4-12)16(17(20)21)19-15-9-7-14(18)8-10-15/h3-11,16,19H,1-2H3,(H,20,21). The molecule has 0 aliphatic heterocycles. The zero-order valence-corrected chi connectivity index (χ0v) is 13.6. The van der Waals surface area contributed by atoms with Crippen LogP contribution in [0.15, 0.2) is 53.0 Å². The van der Waals surface area contributed by atoms with Gasteiger partial charge in [-0.3, -0.25) is 0 Å². The predicted octanol–water partition coefficient (Wildman–Crippen LogP) is 4.81. The fourth-order valence-electron chi connectivity index (χ4n) is 2.07. The first kappa shape index (κ1) is 15.6. The molecule has 0 amide bonds. The zero-order valence-electron chi connectivity index (χ0n) is 12.0. The number of carboxylic acids is 1. The number of nitrogens with one attached hydrogen (secondary N) is 1. The number of benzene rings is 2. The van der Waals surface area contributed by atoms with Crippen LogP contribution in [0.5, 0.6) is 0 Å². The van der Waals surface area contributed by atoms with Crippen molar-refractivity contribution in [2.75, 3.05) is 5.32 Å². The number of rotatable bonds is 5. The number of hydrogen-bond donors (Lipinski definition) is 2. The molecule has 0 heterocycles. The average molecular weight is 348 g/mol. The van der Waals surface area contributed by atoms with E-state index in [9.17, 15) is 9.90 Å². The molecular formula is C17H18BrNO2. The Morgan fingerprint density at radius 2 is 1.52 bits per heavy atom. The van der Waals surface area contributed by atoms with E-state index in [1.54, 1.807) is 0 Å². The zero-order chi connectivity index (χ0) is 15.4. The van der Waals surface area contributed by atoms with Gasteiger partial charge >= 0.3 is 5.97 Å². The molecule has 0 saturated carbocycles. The van der Waals surface area contributed by atoms with Crippen LogP contribution in [-0.4, -0.2) is 11.1 Å². The number of hydrogen-bond acceptors (Lipinski definition) is 2. The smallest absolute Gasteiger partial charge is 0.330 e. The van der Waals surface area contributed by atoms with Crippen LogP contribution in [0.2, 0.25) is 0 Å². The third-order valence-electron chi connectivity index (χ3n) is 3.34. The highest BCUT2D eigenvalue weighted by Crippen LogP contribution is 2.23. The molecule has 0 fully saturated rings. The summed E-state index contributed by atoms with van der Waals surface area (Å²) in [5.74, 6) is -0.461. The summed E-state index contributed by atoms with van der Waals surface area (Å²) in [4.78, 5) is 11.5. The fraction of sp³-hybridized carbons (Fsp3) is 0.235. The number of carbonyl (C=O) groups is 1. The second-order valence-electron chi connectivity index (χ2n) is 5.24. The van der Waals surface area contributed by atoms with Crippen LogP contribution in [-0.2, 0) is 4.79 Å². The Kier molecular flexibility index (Phi) is 5.02. The van der Waals surface area contributed by atoms with Gasteiger partial charge in [-0.2, -0.15) is 0 Å². The summed E-state index contributed by atoms with van der Waals surface area (Å²) in [6, 6.07) is 14.4.